The quantitative estimate of drug-likeness (QED) is 0.177. The van der Waals surface area contributed by atoms with E-state index in [9.17, 15) is 0 Å². The number of rotatable bonds is 5. The van der Waals surface area contributed by atoms with E-state index in [4.69, 9.17) is 19.4 Å². The van der Waals surface area contributed by atoms with Crippen LogP contribution in [-0.2, 0) is 0 Å². The lowest BCUT2D eigenvalue weighted by Gasteiger charge is -2.16. The van der Waals surface area contributed by atoms with E-state index >= 15 is 0 Å². The summed E-state index contributed by atoms with van der Waals surface area (Å²) in [7, 11) is 0. The number of aromatic nitrogens is 5. The number of fused-ring (bicyclic) bond motifs is 9. The molecule has 0 N–H and O–H groups in total. The molecule has 0 saturated carbocycles. The van der Waals surface area contributed by atoms with Crippen LogP contribution in [0.5, 0.6) is 0 Å². The first-order valence-corrected chi connectivity index (χ1v) is 19.4. The van der Waals surface area contributed by atoms with Crippen LogP contribution in [0.2, 0.25) is 0 Å². The molecule has 11 aromatic rings. The van der Waals surface area contributed by atoms with Crippen LogP contribution in [0.4, 0.5) is 0 Å². The van der Waals surface area contributed by atoms with Gasteiger partial charge in [0.1, 0.15) is 17.0 Å². The highest BCUT2D eigenvalue weighted by Gasteiger charge is 2.23. The molecule has 0 radical (unpaired) electrons. The van der Waals surface area contributed by atoms with E-state index in [1.54, 1.807) is 0 Å². The minimum absolute atomic E-state index is 0.0682. The minimum Gasteiger partial charge on any atom is -0.456 e. The van der Waals surface area contributed by atoms with Crippen molar-refractivity contribution < 1.29 is 4.42 Å². The largest absolute Gasteiger partial charge is 0.456 e. The van der Waals surface area contributed by atoms with E-state index in [0.717, 1.165) is 83.7 Å². The molecule has 7 aromatic carbocycles. The van der Waals surface area contributed by atoms with E-state index < -0.39 is 0 Å². The Hall–Kier alpha value is -7.57. The summed E-state index contributed by atoms with van der Waals surface area (Å²) < 4.78 is 10.8. The third-order valence-electron chi connectivity index (χ3n) is 11.5. The highest BCUT2D eigenvalue weighted by molar-refractivity contribution is 6.11. The lowest BCUT2D eigenvalue weighted by Crippen LogP contribution is -2.32. The highest BCUT2D eigenvalue weighted by atomic mass is 16.3. The molecule has 6 heteroatoms. The highest BCUT2D eigenvalue weighted by Crippen LogP contribution is 2.37. The van der Waals surface area contributed by atoms with Crippen molar-refractivity contribution in [3.63, 3.8) is 0 Å². The topological polar surface area (TPSA) is 61.7 Å². The Balaban J connectivity index is 1.05. The Bertz CT molecular complexity index is 3500. The third-order valence-corrected chi connectivity index (χ3v) is 11.5. The van der Waals surface area contributed by atoms with Crippen molar-refractivity contribution in [3.05, 3.63) is 186 Å². The molecular formula is C51H33N5O. The average molecular weight is 732 g/mol. The summed E-state index contributed by atoms with van der Waals surface area (Å²) in [4.78, 5) is 15.8. The number of hydrogen-bond donors (Lipinski definition) is 0. The van der Waals surface area contributed by atoms with E-state index in [1.165, 1.54) is 16.1 Å². The zero-order valence-electron chi connectivity index (χ0n) is 30.7. The molecule has 1 atom stereocenters. The molecule has 1 aliphatic carbocycles. The summed E-state index contributed by atoms with van der Waals surface area (Å²) in [6.07, 6.45) is 5.49. The van der Waals surface area contributed by atoms with Gasteiger partial charge in [0.05, 0.1) is 21.9 Å². The molecule has 0 amide bonds. The average Bonchev–Trinajstić information content (AvgIpc) is 3.93. The SMILES string of the molecule is C1=c2c(n(-c3ccccc3)c3ccccc23)=CC(c2nc(-c3ccccc3)nc(-n3c4ccccc4c4cc(-c5ccc6c(c5)oc5ccccc56)ccc43)n2)C1. The predicted molar refractivity (Wildman–Crippen MR) is 231 cm³/mol. The molecule has 0 spiro atoms. The minimum atomic E-state index is -0.0682. The van der Waals surface area contributed by atoms with E-state index in [1.807, 2.05) is 30.3 Å². The van der Waals surface area contributed by atoms with E-state index in [2.05, 4.69) is 161 Å². The van der Waals surface area contributed by atoms with Gasteiger partial charge in [-0.3, -0.25) is 4.57 Å². The second-order valence-corrected chi connectivity index (χ2v) is 14.8. The number of hydrogen-bond acceptors (Lipinski definition) is 4. The summed E-state index contributed by atoms with van der Waals surface area (Å²) in [5, 5.41) is 8.18. The molecule has 4 aromatic heterocycles. The molecule has 1 aliphatic rings. The van der Waals surface area contributed by atoms with Gasteiger partial charge in [-0.25, -0.2) is 4.98 Å². The molecule has 1 unspecified atom stereocenters. The fourth-order valence-corrected chi connectivity index (χ4v) is 8.84. The van der Waals surface area contributed by atoms with Crippen molar-refractivity contribution >= 4 is 66.8 Å². The van der Waals surface area contributed by atoms with Gasteiger partial charge in [0.2, 0.25) is 5.95 Å². The van der Waals surface area contributed by atoms with Gasteiger partial charge in [0.25, 0.3) is 0 Å². The van der Waals surface area contributed by atoms with Crippen LogP contribution in [0.3, 0.4) is 0 Å². The molecular weight excluding hydrogens is 699 g/mol. The second-order valence-electron chi connectivity index (χ2n) is 14.8. The first-order valence-electron chi connectivity index (χ1n) is 19.4. The predicted octanol–water partition coefficient (Wildman–Crippen LogP) is 10.9. The molecule has 57 heavy (non-hydrogen) atoms. The lowest BCUT2D eigenvalue weighted by molar-refractivity contribution is 0.669. The maximum Gasteiger partial charge on any atom is 0.238 e. The van der Waals surface area contributed by atoms with Crippen molar-refractivity contribution in [3.8, 4) is 34.2 Å². The van der Waals surface area contributed by atoms with Gasteiger partial charge in [0.15, 0.2) is 5.82 Å². The first-order chi connectivity index (χ1) is 28.2. The maximum atomic E-state index is 6.27. The van der Waals surface area contributed by atoms with Gasteiger partial charge in [-0.05, 0) is 78.2 Å². The number of para-hydroxylation sites is 4. The van der Waals surface area contributed by atoms with Crippen LogP contribution < -0.4 is 10.6 Å². The van der Waals surface area contributed by atoms with Crippen molar-refractivity contribution in [2.75, 3.05) is 0 Å². The van der Waals surface area contributed by atoms with Crippen molar-refractivity contribution in [2.45, 2.75) is 12.3 Å². The smallest absolute Gasteiger partial charge is 0.238 e. The summed E-state index contributed by atoms with van der Waals surface area (Å²) in [5.41, 5.74) is 9.34. The van der Waals surface area contributed by atoms with Crippen molar-refractivity contribution in [1.29, 1.82) is 0 Å². The molecule has 0 fully saturated rings. The van der Waals surface area contributed by atoms with Gasteiger partial charge >= 0.3 is 0 Å². The van der Waals surface area contributed by atoms with Crippen LogP contribution in [0, 0.1) is 0 Å². The normalized spacial score (nSPS) is 14.0. The summed E-state index contributed by atoms with van der Waals surface area (Å²) in [5.74, 6) is 1.93. The summed E-state index contributed by atoms with van der Waals surface area (Å²) >= 11 is 0. The Morgan fingerprint density at radius 1 is 0.474 bits per heavy atom. The Morgan fingerprint density at radius 3 is 1.96 bits per heavy atom. The Morgan fingerprint density at radius 2 is 1.12 bits per heavy atom. The monoisotopic (exact) mass is 731 g/mol. The van der Waals surface area contributed by atoms with Crippen LogP contribution in [-0.4, -0.2) is 24.1 Å². The van der Waals surface area contributed by atoms with E-state index in [-0.39, 0.29) is 5.92 Å². The molecule has 0 aliphatic heterocycles. The molecule has 0 saturated heterocycles. The van der Waals surface area contributed by atoms with Gasteiger partial charge in [-0.2, -0.15) is 9.97 Å². The van der Waals surface area contributed by atoms with Crippen molar-refractivity contribution in [2.24, 2.45) is 0 Å². The van der Waals surface area contributed by atoms with Gasteiger partial charge in [-0.1, -0.05) is 121 Å². The van der Waals surface area contributed by atoms with E-state index in [0.29, 0.717) is 11.8 Å². The van der Waals surface area contributed by atoms with Crippen LogP contribution in [0.1, 0.15) is 18.2 Å². The van der Waals surface area contributed by atoms with Gasteiger partial charge in [-0.15, -0.1) is 0 Å². The molecule has 268 valence electrons. The molecule has 6 nitrogen and oxygen atoms in total. The number of nitrogens with zero attached hydrogens (tertiary/aromatic N) is 5. The van der Waals surface area contributed by atoms with Crippen LogP contribution >= 0.6 is 0 Å². The van der Waals surface area contributed by atoms with Crippen LogP contribution in [0.25, 0.3) is 101 Å². The fraction of sp³-hybridized carbons (Fsp3) is 0.0392. The van der Waals surface area contributed by atoms with Crippen LogP contribution in [0.15, 0.2) is 174 Å². The first kappa shape index (κ1) is 31.7. The maximum absolute atomic E-state index is 6.27. The standard InChI is InChI=1S/C51H33N5O/c1-3-13-32(14-4-1)49-52-50(35-24-26-39-37-17-7-10-20-43(37)55(46(39)30-35)36-15-5-2-6-16-36)54-51(53-49)56-44-21-11-8-18-38(44)42-29-33(25-28-45(42)56)34-23-27-41-40-19-9-12-22-47(40)57-48(41)31-34/h1-23,25-31,35H,24H2. The summed E-state index contributed by atoms with van der Waals surface area (Å²) in [6, 6.07) is 59.4. The molecule has 0 bridgehead atoms. The zero-order valence-corrected chi connectivity index (χ0v) is 30.7. The number of furan rings is 1. The fourth-order valence-electron chi connectivity index (χ4n) is 8.84. The second kappa shape index (κ2) is 12.5. The molecule has 4 heterocycles. The lowest BCUT2D eigenvalue weighted by atomic mass is 9.98. The molecule has 12 rings (SSSR count). The van der Waals surface area contributed by atoms with Gasteiger partial charge in [0, 0.05) is 49.3 Å². The number of benzene rings is 7. The van der Waals surface area contributed by atoms with Gasteiger partial charge < -0.3 is 8.98 Å². The zero-order chi connectivity index (χ0) is 37.5. The van der Waals surface area contributed by atoms with Crippen molar-refractivity contribution in [1.82, 2.24) is 24.1 Å². The summed E-state index contributed by atoms with van der Waals surface area (Å²) in [6.45, 7) is 0. The Kier molecular flexibility index (Phi) is 6.95. The Labute approximate surface area is 326 Å². The third kappa shape index (κ3) is 5.00.